The van der Waals surface area contributed by atoms with Crippen LogP contribution in [0.1, 0.15) is 19.3 Å². The fourth-order valence-electron chi connectivity index (χ4n) is 2.07. The first kappa shape index (κ1) is 16.7. The van der Waals surface area contributed by atoms with Crippen LogP contribution in [0.2, 0.25) is 5.02 Å². The number of hydrogen-bond donors (Lipinski definition) is 1. The largest absolute Gasteiger partial charge is 0.379 e. The summed E-state index contributed by atoms with van der Waals surface area (Å²) in [5.41, 5.74) is 0. The molecule has 0 aromatic heterocycles. The van der Waals surface area contributed by atoms with Gasteiger partial charge in [0.25, 0.3) is 0 Å². The van der Waals surface area contributed by atoms with Gasteiger partial charge in [0.1, 0.15) is 0 Å². The molecule has 0 aliphatic carbocycles. The van der Waals surface area contributed by atoms with Gasteiger partial charge in [0.05, 0.1) is 17.6 Å². The number of hydrogen-bond acceptors (Lipinski definition) is 4. The summed E-state index contributed by atoms with van der Waals surface area (Å²) in [6.07, 6.45) is 2.97. The van der Waals surface area contributed by atoms with Crippen LogP contribution in [0.25, 0.3) is 0 Å². The van der Waals surface area contributed by atoms with E-state index in [0.717, 1.165) is 19.4 Å². The van der Waals surface area contributed by atoms with Crippen LogP contribution in [0, 0.1) is 0 Å². The second-order valence-corrected chi connectivity index (χ2v) is 7.12. The van der Waals surface area contributed by atoms with E-state index in [4.69, 9.17) is 21.1 Å². The monoisotopic (exact) mass is 333 g/mol. The Morgan fingerprint density at radius 3 is 2.76 bits per heavy atom. The molecule has 1 heterocycles. The van der Waals surface area contributed by atoms with Crippen LogP contribution in [-0.4, -0.2) is 40.9 Å². The van der Waals surface area contributed by atoms with Crippen molar-refractivity contribution < 1.29 is 17.9 Å². The zero-order valence-corrected chi connectivity index (χ0v) is 13.3. The molecule has 0 unspecified atom stereocenters. The van der Waals surface area contributed by atoms with E-state index in [1.807, 2.05) is 0 Å². The summed E-state index contributed by atoms with van der Waals surface area (Å²) >= 11 is 5.74. The smallest absolute Gasteiger partial charge is 0.240 e. The summed E-state index contributed by atoms with van der Waals surface area (Å²) in [6.45, 7) is 2.26. The van der Waals surface area contributed by atoms with Crippen molar-refractivity contribution >= 4 is 21.6 Å². The Hall–Kier alpha value is -0.660. The van der Waals surface area contributed by atoms with Gasteiger partial charge in [-0.3, -0.25) is 0 Å². The molecule has 1 aromatic carbocycles. The Morgan fingerprint density at radius 1 is 1.33 bits per heavy atom. The minimum atomic E-state index is -3.47. The minimum Gasteiger partial charge on any atom is -0.379 e. The number of ether oxygens (including phenoxy) is 2. The van der Waals surface area contributed by atoms with Gasteiger partial charge in [-0.1, -0.05) is 11.6 Å². The summed E-state index contributed by atoms with van der Waals surface area (Å²) in [7, 11) is -3.47. The molecule has 7 heteroatoms. The molecule has 1 atom stereocenters. The van der Waals surface area contributed by atoms with E-state index < -0.39 is 10.0 Å². The highest BCUT2D eigenvalue weighted by atomic mass is 35.5. The van der Waals surface area contributed by atoms with Gasteiger partial charge in [-0.25, -0.2) is 13.1 Å². The van der Waals surface area contributed by atoms with Gasteiger partial charge in [-0.15, -0.1) is 0 Å². The Bertz CT molecular complexity index is 526. The minimum absolute atomic E-state index is 0.204. The van der Waals surface area contributed by atoms with Crippen molar-refractivity contribution in [1.82, 2.24) is 4.72 Å². The van der Waals surface area contributed by atoms with Crippen molar-refractivity contribution in [2.75, 3.05) is 26.4 Å². The lowest BCUT2D eigenvalue weighted by atomic mass is 10.2. The second kappa shape index (κ2) is 8.10. The fraction of sp³-hybridized carbons (Fsp3) is 0.571. The molecule has 1 aliphatic rings. The molecule has 1 fully saturated rings. The lowest BCUT2D eigenvalue weighted by Crippen LogP contribution is -2.26. The average molecular weight is 334 g/mol. The maximum atomic E-state index is 12.0. The number of nitrogens with one attached hydrogen (secondary N) is 1. The maximum absolute atomic E-state index is 12.0. The molecular formula is C14H20ClNO4S. The topological polar surface area (TPSA) is 64.6 Å². The molecular weight excluding hydrogens is 314 g/mol. The van der Waals surface area contributed by atoms with Crippen molar-refractivity contribution in [2.24, 2.45) is 0 Å². The van der Waals surface area contributed by atoms with E-state index in [9.17, 15) is 8.42 Å². The Kier molecular flexibility index (Phi) is 6.44. The number of rotatable bonds is 8. The van der Waals surface area contributed by atoms with Crippen molar-refractivity contribution in [3.05, 3.63) is 29.3 Å². The van der Waals surface area contributed by atoms with Crippen molar-refractivity contribution in [1.29, 1.82) is 0 Å². The van der Waals surface area contributed by atoms with Crippen LogP contribution in [0.4, 0.5) is 0 Å². The molecule has 0 amide bonds. The van der Waals surface area contributed by atoms with Gasteiger partial charge in [-0.2, -0.15) is 0 Å². The van der Waals surface area contributed by atoms with E-state index in [0.29, 0.717) is 31.2 Å². The third-order valence-corrected chi connectivity index (χ3v) is 4.94. The van der Waals surface area contributed by atoms with Crippen molar-refractivity contribution in [3.63, 3.8) is 0 Å². The summed E-state index contributed by atoms with van der Waals surface area (Å²) < 4.78 is 37.4. The second-order valence-electron chi connectivity index (χ2n) is 4.92. The van der Waals surface area contributed by atoms with Crippen LogP contribution >= 0.6 is 11.6 Å². The van der Waals surface area contributed by atoms with Crippen molar-refractivity contribution in [3.8, 4) is 0 Å². The molecule has 0 spiro atoms. The summed E-state index contributed by atoms with van der Waals surface area (Å²) in [5, 5.41) is 0.511. The normalized spacial score (nSPS) is 19.0. The third-order valence-electron chi connectivity index (χ3n) is 3.21. The molecule has 1 N–H and O–H groups in total. The van der Waals surface area contributed by atoms with E-state index in [2.05, 4.69) is 4.72 Å². The third kappa shape index (κ3) is 5.56. The molecule has 1 aromatic rings. The van der Waals surface area contributed by atoms with Crippen LogP contribution in [-0.2, 0) is 19.5 Å². The van der Waals surface area contributed by atoms with Crippen LogP contribution < -0.4 is 4.72 Å². The molecule has 1 aliphatic heterocycles. The highest BCUT2D eigenvalue weighted by molar-refractivity contribution is 7.89. The van der Waals surface area contributed by atoms with Gasteiger partial charge >= 0.3 is 0 Å². The van der Waals surface area contributed by atoms with Gasteiger partial charge < -0.3 is 9.47 Å². The quantitative estimate of drug-likeness (QED) is 0.741. The maximum Gasteiger partial charge on any atom is 0.240 e. The van der Waals surface area contributed by atoms with E-state index in [1.165, 1.54) is 12.1 Å². The zero-order valence-electron chi connectivity index (χ0n) is 11.8. The predicted molar refractivity (Wildman–Crippen MR) is 81.1 cm³/mol. The van der Waals surface area contributed by atoms with E-state index in [1.54, 1.807) is 12.1 Å². The van der Waals surface area contributed by atoms with Crippen LogP contribution in [0.5, 0.6) is 0 Å². The van der Waals surface area contributed by atoms with Gasteiger partial charge in [0.15, 0.2) is 0 Å². The Balaban J connectivity index is 1.64. The molecule has 21 heavy (non-hydrogen) atoms. The molecule has 0 saturated carbocycles. The molecule has 1 saturated heterocycles. The van der Waals surface area contributed by atoms with Gasteiger partial charge in [0, 0.05) is 24.8 Å². The van der Waals surface area contributed by atoms with E-state index in [-0.39, 0.29) is 11.0 Å². The first-order chi connectivity index (χ1) is 10.1. The average Bonchev–Trinajstić information content (AvgIpc) is 2.96. The zero-order chi connectivity index (χ0) is 15.1. The highest BCUT2D eigenvalue weighted by Gasteiger charge is 2.15. The molecule has 5 nitrogen and oxygen atoms in total. The Morgan fingerprint density at radius 2 is 2.10 bits per heavy atom. The molecule has 0 radical (unpaired) electrons. The SMILES string of the molecule is O=S(=O)(NCCCOC[C@H]1CCCO1)c1ccc(Cl)cc1. The lowest BCUT2D eigenvalue weighted by Gasteiger charge is -2.10. The number of sulfonamides is 1. The lowest BCUT2D eigenvalue weighted by molar-refractivity contribution is 0.0169. The van der Waals surface area contributed by atoms with Gasteiger partial charge in [0.2, 0.25) is 10.0 Å². The van der Waals surface area contributed by atoms with Crippen molar-refractivity contribution in [2.45, 2.75) is 30.3 Å². The first-order valence-corrected chi connectivity index (χ1v) is 8.88. The highest BCUT2D eigenvalue weighted by Crippen LogP contribution is 2.14. The number of benzene rings is 1. The summed E-state index contributed by atoms with van der Waals surface area (Å²) in [6, 6.07) is 6.08. The van der Waals surface area contributed by atoms with Crippen LogP contribution in [0.15, 0.2) is 29.2 Å². The summed E-state index contributed by atoms with van der Waals surface area (Å²) in [5.74, 6) is 0. The first-order valence-electron chi connectivity index (χ1n) is 7.02. The van der Waals surface area contributed by atoms with Crippen LogP contribution in [0.3, 0.4) is 0 Å². The van der Waals surface area contributed by atoms with Gasteiger partial charge in [-0.05, 0) is 43.5 Å². The molecule has 118 valence electrons. The number of halogens is 1. The Labute approximate surface area is 130 Å². The predicted octanol–water partition coefficient (Wildman–Crippen LogP) is 2.20. The van der Waals surface area contributed by atoms with E-state index >= 15 is 0 Å². The fourth-order valence-corrected chi connectivity index (χ4v) is 3.27. The summed E-state index contributed by atoms with van der Waals surface area (Å²) in [4.78, 5) is 0.215. The molecule has 0 bridgehead atoms. The molecule has 2 rings (SSSR count). The standard InChI is InChI=1S/C14H20ClNO4S/c15-12-4-6-14(7-5-12)21(17,18)16-8-2-9-19-11-13-3-1-10-20-13/h4-7,13,16H,1-3,8-11H2/t13-/m1/s1.